The van der Waals surface area contributed by atoms with Crippen LogP contribution in [0.25, 0.3) is 0 Å². The van der Waals surface area contributed by atoms with Crippen molar-refractivity contribution in [3.8, 4) is 12.3 Å². The summed E-state index contributed by atoms with van der Waals surface area (Å²) in [5.41, 5.74) is 0.592. The summed E-state index contributed by atoms with van der Waals surface area (Å²) >= 11 is 11.9. The Morgan fingerprint density at radius 3 is 2.82 bits per heavy atom. The Balaban J connectivity index is 2.72. The first-order chi connectivity index (χ1) is 8.07. The van der Waals surface area contributed by atoms with Gasteiger partial charge in [-0.25, -0.2) is 4.39 Å². The van der Waals surface area contributed by atoms with Crippen molar-refractivity contribution in [3.63, 3.8) is 0 Å². The summed E-state index contributed by atoms with van der Waals surface area (Å²) in [7, 11) is 0. The number of halogens is 3. The Hall–Kier alpha value is -0.750. The highest BCUT2D eigenvalue weighted by Gasteiger charge is 2.16. The van der Waals surface area contributed by atoms with Gasteiger partial charge in [0.1, 0.15) is 5.82 Å². The molecular weight excluding hydrogens is 260 g/mol. The molecule has 0 saturated heterocycles. The van der Waals surface area contributed by atoms with E-state index in [1.165, 1.54) is 12.1 Å². The number of nitrogens with one attached hydrogen (secondary N) is 1. The molecule has 0 bridgehead atoms. The van der Waals surface area contributed by atoms with Crippen LogP contribution in [-0.2, 0) is 0 Å². The van der Waals surface area contributed by atoms with E-state index in [-0.39, 0.29) is 11.1 Å². The summed E-state index contributed by atoms with van der Waals surface area (Å²) in [5, 5.41) is 3.76. The first-order valence-electron chi connectivity index (χ1n) is 5.38. The molecular formula is C13H14Cl2FN. The molecule has 1 aromatic rings. The zero-order valence-corrected chi connectivity index (χ0v) is 11.1. The van der Waals surface area contributed by atoms with Gasteiger partial charge in [0.05, 0.1) is 5.02 Å². The standard InChI is InChI=1S/C13H14Cl2FN/c1-3-4-5-8-17-9(2)12-10(14)6-7-11(16)13(12)15/h1,6-7,9,17H,4-5,8H2,2H3. The third-order valence-corrected chi connectivity index (χ3v) is 3.17. The molecule has 0 aliphatic rings. The van der Waals surface area contributed by atoms with Crippen LogP contribution in [-0.4, -0.2) is 6.54 Å². The van der Waals surface area contributed by atoms with Gasteiger partial charge in [0, 0.05) is 23.0 Å². The van der Waals surface area contributed by atoms with Crippen molar-refractivity contribution in [2.45, 2.75) is 25.8 Å². The minimum Gasteiger partial charge on any atom is -0.310 e. The van der Waals surface area contributed by atoms with Crippen molar-refractivity contribution in [2.75, 3.05) is 6.54 Å². The summed E-state index contributed by atoms with van der Waals surface area (Å²) in [4.78, 5) is 0. The molecule has 92 valence electrons. The lowest BCUT2D eigenvalue weighted by Crippen LogP contribution is -2.20. The van der Waals surface area contributed by atoms with Crippen LogP contribution >= 0.6 is 23.2 Å². The number of rotatable bonds is 5. The van der Waals surface area contributed by atoms with Crippen LogP contribution in [0.15, 0.2) is 12.1 Å². The molecule has 0 heterocycles. The second-order valence-corrected chi connectivity index (χ2v) is 4.53. The summed E-state index contributed by atoms with van der Waals surface area (Å²) in [6.07, 6.45) is 6.73. The molecule has 1 N–H and O–H groups in total. The number of unbranched alkanes of at least 4 members (excludes halogenated alkanes) is 1. The summed E-state index contributed by atoms with van der Waals surface area (Å²) in [6.45, 7) is 2.64. The Morgan fingerprint density at radius 1 is 1.47 bits per heavy atom. The zero-order chi connectivity index (χ0) is 12.8. The predicted molar refractivity (Wildman–Crippen MR) is 70.9 cm³/mol. The highest BCUT2D eigenvalue weighted by molar-refractivity contribution is 6.36. The van der Waals surface area contributed by atoms with Gasteiger partial charge in [0.25, 0.3) is 0 Å². The Labute approximate surface area is 111 Å². The molecule has 0 saturated carbocycles. The summed E-state index contributed by atoms with van der Waals surface area (Å²) < 4.78 is 13.3. The van der Waals surface area contributed by atoms with Gasteiger partial charge in [0.15, 0.2) is 0 Å². The lowest BCUT2D eigenvalue weighted by molar-refractivity contribution is 0.556. The normalized spacial score (nSPS) is 12.2. The molecule has 0 fully saturated rings. The van der Waals surface area contributed by atoms with Crippen molar-refractivity contribution in [2.24, 2.45) is 0 Å². The average Bonchev–Trinajstić information content (AvgIpc) is 2.30. The highest BCUT2D eigenvalue weighted by atomic mass is 35.5. The van der Waals surface area contributed by atoms with Gasteiger partial charge in [-0.2, -0.15) is 0 Å². The molecule has 1 rings (SSSR count). The molecule has 4 heteroatoms. The fourth-order valence-electron chi connectivity index (χ4n) is 1.55. The van der Waals surface area contributed by atoms with Crippen LogP contribution in [0.4, 0.5) is 4.39 Å². The lowest BCUT2D eigenvalue weighted by atomic mass is 10.1. The van der Waals surface area contributed by atoms with Gasteiger partial charge in [-0.1, -0.05) is 23.2 Å². The number of hydrogen-bond acceptors (Lipinski definition) is 1. The highest BCUT2D eigenvalue weighted by Crippen LogP contribution is 2.32. The molecule has 0 aromatic heterocycles. The van der Waals surface area contributed by atoms with Crippen LogP contribution in [0.5, 0.6) is 0 Å². The van der Waals surface area contributed by atoms with Crippen molar-refractivity contribution >= 4 is 23.2 Å². The first kappa shape index (κ1) is 14.3. The van der Waals surface area contributed by atoms with Gasteiger partial charge >= 0.3 is 0 Å². The van der Waals surface area contributed by atoms with Crippen LogP contribution in [0.3, 0.4) is 0 Å². The molecule has 0 aliphatic carbocycles. The van der Waals surface area contributed by atoms with E-state index in [0.717, 1.165) is 13.0 Å². The number of benzene rings is 1. The summed E-state index contributed by atoms with van der Waals surface area (Å²) in [5.74, 6) is 2.11. The van der Waals surface area contributed by atoms with E-state index < -0.39 is 5.82 Å². The minimum absolute atomic E-state index is 0.0782. The van der Waals surface area contributed by atoms with Crippen LogP contribution in [0, 0.1) is 18.2 Å². The number of hydrogen-bond donors (Lipinski definition) is 1. The Bertz CT molecular complexity index is 426. The van der Waals surface area contributed by atoms with E-state index >= 15 is 0 Å². The smallest absolute Gasteiger partial charge is 0.142 e. The van der Waals surface area contributed by atoms with E-state index in [9.17, 15) is 4.39 Å². The van der Waals surface area contributed by atoms with Crippen molar-refractivity contribution in [1.82, 2.24) is 5.32 Å². The first-order valence-corrected chi connectivity index (χ1v) is 6.13. The van der Waals surface area contributed by atoms with Gasteiger partial charge in [-0.3, -0.25) is 0 Å². The second-order valence-electron chi connectivity index (χ2n) is 3.74. The maximum absolute atomic E-state index is 13.3. The molecule has 0 amide bonds. The molecule has 0 aliphatic heterocycles. The maximum atomic E-state index is 13.3. The van der Waals surface area contributed by atoms with Crippen LogP contribution < -0.4 is 5.32 Å². The second kappa shape index (κ2) is 6.86. The molecule has 0 radical (unpaired) electrons. The maximum Gasteiger partial charge on any atom is 0.142 e. The minimum atomic E-state index is -0.455. The van der Waals surface area contributed by atoms with Crippen molar-refractivity contribution < 1.29 is 4.39 Å². The number of terminal acetylenes is 1. The van der Waals surface area contributed by atoms with Gasteiger partial charge in [-0.15, -0.1) is 12.3 Å². The van der Waals surface area contributed by atoms with E-state index in [1.54, 1.807) is 0 Å². The zero-order valence-electron chi connectivity index (χ0n) is 9.56. The Kier molecular flexibility index (Phi) is 5.77. The SMILES string of the molecule is C#CCCCNC(C)c1c(Cl)ccc(F)c1Cl. The van der Waals surface area contributed by atoms with Gasteiger partial charge < -0.3 is 5.32 Å². The monoisotopic (exact) mass is 273 g/mol. The average molecular weight is 274 g/mol. The van der Waals surface area contributed by atoms with E-state index in [4.69, 9.17) is 29.6 Å². The van der Waals surface area contributed by atoms with E-state index in [1.807, 2.05) is 6.92 Å². The lowest BCUT2D eigenvalue weighted by Gasteiger charge is -2.17. The molecule has 1 nitrogen and oxygen atoms in total. The topological polar surface area (TPSA) is 12.0 Å². The fourth-order valence-corrected chi connectivity index (χ4v) is 2.25. The van der Waals surface area contributed by atoms with Gasteiger partial charge in [-0.05, 0) is 32.0 Å². The largest absolute Gasteiger partial charge is 0.310 e. The summed E-state index contributed by atoms with van der Waals surface area (Å²) in [6, 6.07) is 2.67. The van der Waals surface area contributed by atoms with E-state index in [2.05, 4.69) is 11.2 Å². The molecule has 1 aromatic carbocycles. The van der Waals surface area contributed by atoms with Crippen LogP contribution in [0.2, 0.25) is 10.0 Å². The van der Waals surface area contributed by atoms with Gasteiger partial charge in [0.2, 0.25) is 0 Å². The Morgan fingerprint density at radius 2 is 2.18 bits per heavy atom. The third kappa shape index (κ3) is 3.89. The fraction of sp³-hybridized carbons (Fsp3) is 0.385. The molecule has 1 atom stereocenters. The predicted octanol–water partition coefficient (Wildman–Crippen LogP) is 4.20. The van der Waals surface area contributed by atoms with Crippen molar-refractivity contribution in [1.29, 1.82) is 0 Å². The van der Waals surface area contributed by atoms with Crippen LogP contribution in [0.1, 0.15) is 31.4 Å². The molecule has 0 spiro atoms. The van der Waals surface area contributed by atoms with Crippen molar-refractivity contribution in [3.05, 3.63) is 33.6 Å². The molecule has 1 unspecified atom stereocenters. The molecule has 17 heavy (non-hydrogen) atoms. The quantitative estimate of drug-likeness (QED) is 0.482. The van der Waals surface area contributed by atoms with E-state index in [0.29, 0.717) is 17.0 Å². The third-order valence-electron chi connectivity index (χ3n) is 2.46.